The topological polar surface area (TPSA) is 114 Å². The Morgan fingerprint density at radius 1 is 1.00 bits per heavy atom. The van der Waals surface area contributed by atoms with Crippen LogP contribution in [0.2, 0.25) is 0 Å². The number of rotatable bonds is 4. The standard InChI is InChI=1S/C26H28FN3O.C4H4O4/c27-25-13-22(6-5-18(25)16-28)29-7-9-30(10-8-29)23-11-20-14-26(15-21(20)12-23)24-4-2-1-3-19(24)17-31-26;5-3(6)1-2-4(7)8/h1-6,13,20-21,23H,7-12,14-15,17H2;1-2H,(H,5,6)(H,7,8)/b;2-1-/t20-,21+,23?,26?;. The molecule has 0 aromatic heterocycles. The molecular formula is C30H32FN3O5. The van der Waals surface area contributed by atoms with Crippen molar-refractivity contribution in [3.05, 3.63) is 77.1 Å². The molecule has 2 N–H and O–H groups in total. The van der Waals surface area contributed by atoms with E-state index in [4.69, 9.17) is 20.2 Å². The number of carbonyl (C=O) groups is 2. The average molecular weight is 534 g/mol. The molecule has 2 aromatic carbocycles. The summed E-state index contributed by atoms with van der Waals surface area (Å²) in [5, 5.41) is 24.6. The van der Waals surface area contributed by atoms with Crippen molar-refractivity contribution in [2.45, 2.75) is 43.9 Å². The Balaban J connectivity index is 0.000000339. The van der Waals surface area contributed by atoms with Crippen molar-refractivity contribution in [3.63, 3.8) is 0 Å². The summed E-state index contributed by atoms with van der Waals surface area (Å²) in [5.41, 5.74) is 3.82. The van der Waals surface area contributed by atoms with Crippen LogP contribution in [0.1, 0.15) is 42.4 Å². The monoisotopic (exact) mass is 533 g/mol. The molecule has 3 fully saturated rings. The lowest BCUT2D eigenvalue weighted by atomic mass is 9.88. The van der Waals surface area contributed by atoms with Crippen LogP contribution in [0.4, 0.5) is 10.1 Å². The second kappa shape index (κ2) is 11.2. The first-order valence-electron chi connectivity index (χ1n) is 13.3. The van der Waals surface area contributed by atoms with Gasteiger partial charge in [-0.3, -0.25) is 4.90 Å². The maximum absolute atomic E-state index is 14.0. The summed E-state index contributed by atoms with van der Waals surface area (Å²) < 4.78 is 20.4. The Morgan fingerprint density at radius 2 is 1.64 bits per heavy atom. The Hall–Kier alpha value is -3.74. The molecule has 0 amide bonds. The van der Waals surface area contributed by atoms with Crippen molar-refractivity contribution in [1.82, 2.24) is 4.90 Å². The fourth-order valence-corrected chi connectivity index (χ4v) is 6.91. The number of halogens is 1. The summed E-state index contributed by atoms with van der Waals surface area (Å²) in [4.78, 5) is 24.0. The predicted octanol–water partition coefficient (Wildman–Crippen LogP) is 4.15. The molecule has 4 aliphatic rings. The molecule has 2 aliphatic heterocycles. The number of nitrogens with zero attached hydrogens (tertiary/aromatic N) is 3. The summed E-state index contributed by atoms with van der Waals surface area (Å²) in [7, 11) is 0. The van der Waals surface area contributed by atoms with E-state index in [9.17, 15) is 14.0 Å². The van der Waals surface area contributed by atoms with Crippen LogP contribution in [0, 0.1) is 29.0 Å². The molecule has 2 heterocycles. The number of fused-ring (bicyclic) bond motifs is 3. The maximum Gasteiger partial charge on any atom is 0.328 e. The number of carboxylic acids is 2. The van der Waals surface area contributed by atoms with Crippen molar-refractivity contribution >= 4 is 17.6 Å². The van der Waals surface area contributed by atoms with Gasteiger partial charge in [-0.2, -0.15) is 5.26 Å². The number of carboxylic acid groups (broad SMARTS) is 2. The van der Waals surface area contributed by atoms with Gasteiger partial charge < -0.3 is 19.8 Å². The molecule has 8 nitrogen and oxygen atoms in total. The largest absolute Gasteiger partial charge is 0.478 e. The summed E-state index contributed by atoms with van der Waals surface area (Å²) >= 11 is 0. The zero-order chi connectivity index (χ0) is 27.6. The number of benzene rings is 2. The highest BCUT2D eigenvalue weighted by atomic mass is 19.1. The van der Waals surface area contributed by atoms with Gasteiger partial charge in [0.1, 0.15) is 11.9 Å². The van der Waals surface area contributed by atoms with Gasteiger partial charge in [-0.25, -0.2) is 14.0 Å². The molecule has 6 rings (SSSR count). The molecule has 4 atom stereocenters. The van der Waals surface area contributed by atoms with Crippen molar-refractivity contribution in [2.24, 2.45) is 11.8 Å². The Labute approximate surface area is 226 Å². The number of ether oxygens (including phenoxy) is 1. The van der Waals surface area contributed by atoms with Gasteiger partial charge in [-0.05, 0) is 66.8 Å². The second-order valence-corrected chi connectivity index (χ2v) is 10.8. The zero-order valence-electron chi connectivity index (χ0n) is 21.6. The van der Waals surface area contributed by atoms with Gasteiger partial charge in [-0.1, -0.05) is 24.3 Å². The highest BCUT2D eigenvalue weighted by Gasteiger charge is 2.54. The number of aliphatic carboxylic acids is 2. The lowest BCUT2D eigenvalue weighted by molar-refractivity contribution is -0.134. The highest BCUT2D eigenvalue weighted by molar-refractivity contribution is 5.89. The normalized spacial score (nSPS) is 27.6. The molecule has 2 aromatic rings. The van der Waals surface area contributed by atoms with E-state index >= 15 is 0 Å². The van der Waals surface area contributed by atoms with Crippen LogP contribution in [-0.2, 0) is 26.5 Å². The second-order valence-electron chi connectivity index (χ2n) is 10.8. The molecular weight excluding hydrogens is 501 g/mol. The molecule has 1 saturated heterocycles. The fraction of sp³-hybridized carbons (Fsp3) is 0.433. The van der Waals surface area contributed by atoms with E-state index in [0.717, 1.165) is 50.3 Å². The first-order valence-corrected chi connectivity index (χ1v) is 13.3. The van der Waals surface area contributed by atoms with Crippen LogP contribution in [-0.4, -0.2) is 59.3 Å². The molecule has 2 unspecified atom stereocenters. The number of nitriles is 1. The van der Waals surface area contributed by atoms with Crippen molar-refractivity contribution in [1.29, 1.82) is 5.26 Å². The third-order valence-electron chi connectivity index (χ3n) is 8.65. The van der Waals surface area contributed by atoms with Gasteiger partial charge in [0.15, 0.2) is 0 Å². The van der Waals surface area contributed by atoms with E-state index in [1.165, 1.54) is 42.9 Å². The number of anilines is 1. The third kappa shape index (κ3) is 5.68. The van der Waals surface area contributed by atoms with E-state index in [-0.39, 0.29) is 11.2 Å². The SMILES string of the molecule is N#Cc1ccc(N2CCN(C3C[C@@H]4CC5(C[C@@H]4C3)OCc3ccccc35)CC2)cc1F.O=C(O)/C=C\C(=O)O. The Bertz CT molecular complexity index is 1280. The van der Waals surface area contributed by atoms with Gasteiger partial charge in [0.25, 0.3) is 0 Å². The molecule has 2 aliphatic carbocycles. The van der Waals surface area contributed by atoms with Gasteiger partial charge in [0, 0.05) is 50.1 Å². The van der Waals surface area contributed by atoms with E-state index < -0.39 is 17.8 Å². The summed E-state index contributed by atoms with van der Waals surface area (Å²) in [6.45, 7) is 4.65. The lowest BCUT2D eigenvalue weighted by Crippen LogP contribution is -2.50. The minimum absolute atomic E-state index is 0.0186. The quantitative estimate of drug-likeness (QED) is 0.564. The smallest absolute Gasteiger partial charge is 0.328 e. The number of hydrogen-bond acceptors (Lipinski definition) is 6. The van der Waals surface area contributed by atoms with Gasteiger partial charge in [0.05, 0.1) is 17.8 Å². The zero-order valence-corrected chi connectivity index (χ0v) is 21.6. The minimum Gasteiger partial charge on any atom is -0.478 e. The lowest BCUT2D eigenvalue weighted by Gasteiger charge is -2.39. The third-order valence-corrected chi connectivity index (χ3v) is 8.65. The average Bonchev–Trinajstić information content (AvgIpc) is 3.60. The van der Waals surface area contributed by atoms with E-state index in [0.29, 0.717) is 18.2 Å². The number of hydrogen-bond donors (Lipinski definition) is 2. The summed E-state index contributed by atoms with van der Waals surface area (Å²) in [6, 6.07) is 16.3. The van der Waals surface area contributed by atoms with Crippen molar-refractivity contribution < 1.29 is 28.9 Å². The molecule has 204 valence electrons. The van der Waals surface area contributed by atoms with Gasteiger partial charge in [-0.15, -0.1) is 0 Å². The van der Waals surface area contributed by atoms with E-state index in [1.807, 2.05) is 12.1 Å². The maximum atomic E-state index is 14.0. The molecule has 1 spiro atoms. The first-order chi connectivity index (χ1) is 18.8. The van der Waals surface area contributed by atoms with Crippen molar-refractivity contribution in [3.8, 4) is 6.07 Å². The van der Waals surface area contributed by atoms with Crippen LogP contribution in [0.25, 0.3) is 0 Å². The van der Waals surface area contributed by atoms with Crippen LogP contribution in [0.15, 0.2) is 54.6 Å². The van der Waals surface area contributed by atoms with Gasteiger partial charge in [0.2, 0.25) is 0 Å². The van der Waals surface area contributed by atoms with Crippen LogP contribution >= 0.6 is 0 Å². The fourth-order valence-electron chi connectivity index (χ4n) is 6.91. The van der Waals surface area contributed by atoms with Crippen LogP contribution < -0.4 is 4.90 Å². The van der Waals surface area contributed by atoms with Crippen molar-refractivity contribution in [2.75, 3.05) is 31.1 Å². The van der Waals surface area contributed by atoms with Crippen LogP contribution in [0.5, 0.6) is 0 Å². The molecule has 2 saturated carbocycles. The van der Waals surface area contributed by atoms with E-state index in [2.05, 4.69) is 34.1 Å². The molecule has 0 radical (unpaired) electrons. The number of piperazine rings is 1. The summed E-state index contributed by atoms with van der Waals surface area (Å²) in [5.74, 6) is -1.40. The minimum atomic E-state index is -1.26. The Kier molecular flexibility index (Phi) is 7.69. The molecule has 9 heteroatoms. The Morgan fingerprint density at radius 3 is 2.23 bits per heavy atom. The van der Waals surface area contributed by atoms with Crippen LogP contribution in [0.3, 0.4) is 0 Å². The summed E-state index contributed by atoms with van der Waals surface area (Å²) in [6.07, 6.45) is 6.03. The predicted molar refractivity (Wildman–Crippen MR) is 141 cm³/mol. The highest BCUT2D eigenvalue weighted by Crippen LogP contribution is 2.58. The molecule has 39 heavy (non-hydrogen) atoms. The van der Waals surface area contributed by atoms with E-state index in [1.54, 1.807) is 6.07 Å². The van der Waals surface area contributed by atoms with Gasteiger partial charge >= 0.3 is 11.9 Å². The molecule has 0 bridgehead atoms. The first kappa shape index (κ1) is 26.9.